The van der Waals surface area contributed by atoms with Gasteiger partial charge >= 0.3 is 0 Å². The van der Waals surface area contributed by atoms with Crippen molar-refractivity contribution in [3.8, 4) is 11.3 Å². The molecule has 0 aromatic carbocycles. The third-order valence-electron chi connectivity index (χ3n) is 5.66. The first-order chi connectivity index (χ1) is 14.1. The quantitative estimate of drug-likeness (QED) is 0.632. The van der Waals surface area contributed by atoms with Crippen LogP contribution in [0.25, 0.3) is 22.3 Å². The predicted molar refractivity (Wildman–Crippen MR) is 113 cm³/mol. The topological polar surface area (TPSA) is 80.5 Å². The molecule has 0 saturated carbocycles. The van der Waals surface area contributed by atoms with Crippen molar-refractivity contribution < 1.29 is 4.39 Å². The number of pyridine rings is 1. The first-order valence-electron chi connectivity index (χ1n) is 10.4. The monoisotopic (exact) mass is 397 g/mol. The van der Waals surface area contributed by atoms with E-state index in [1.807, 2.05) is 23.1 Å². The van der Waals surface area contributed by atoms with Crippen molar-refractivity contribution in [2.45, 2.75) is 51.2 Å². The lowest BCUT2D eigenvalue weighted by atomic mass is 9.96. The molecule has 0 spiro atoms. The molecule has 1 atom stereocenters. The number of nitrogens with one attached hydrogen (secondary N) is 2. The Morgan fingerprint density at radius 3 is 2.86 bits per heavy atom. The summed E-state index contributed by atoms with van der Waals surface area (Å²) in [6, 6.07) is 2.28. The van der Waals surface area contributed by atoms with E-state index in [0.29, 0.717) is 30.3 Å². The van der Waals surface area contributed by atoms with E-state index in [4.69, 9.17) is 4.98 Å². The van der Waals surface area contributed by atoms with Crippen molar-refractivity contribution in [3.05, 3.63) is 30.9 Å². The average Bonchev–Trinajstić information content (AvgIpc) is 3.23. The SMILES string of the molecule is CCC(CC)n1cc(-c2cc3nccnc3c(NCC3(F)CCCNC3)n2)cn1. The number of aromatic nitrogens is 5. The number of hydrogen-bond donors (Lipinski definition) is 2. The summed E-state index contributed by atoms with van der Waals surface area (Å²) in [7, 11) is 0. The highest BCUT2D eigenvalue weighted by Crippen LogP contribution is 2.28. The Kier molecular flexibility index (Phi) is 5.71. The largest absolute Gasteiger partial charge is 0.365 e. The van der Waals surface area contributed by atoms with E-state index in [-0.39, 0.29) is 6.54 Å². The van der Waals surface area contributed by atoms with E-state index < -0.39 is 5.67 Å². The second-order valence-electron chi connectivity index (χ2n) is 7.74. The molecule has 1 aliphatic rings. The average molecular weight is 398 g/mol. The molecule has 0 radical (unpaired) electrons. The second-order valence-corrected chi connectivity index (χ2v) is 7.74. The van der Waals surface area contributed by atoms with Crippen LogP contribution < -0.4 is 10.6 Å². The molecule has 3 aromatic rings. The Balaban J connectivity index is 1.66. The zero-order valence-corrected chi connectivity index (χ0v) is 17.0. The van der Waals surface area contributed by atoms with Gasteiger partial charge in [-0.1, -0.05) is 13.8 Å². The summed E-state index contributed by atoms with van der Waals surface area (Å²) in [5.74, 6) is 0.559. The van der Waals surface area contributed by atoms with Gasteiger partial charge < -0.3 is 10.6 Å². The van der Waals surface area contributed by atoms with Crippen molar-refractivity contribution in [2.75, 3.05) is 25.0 Å². The maximum Gasteiger partial charge on any atom is 0.155 e. The van der Waals surface area contributed by atoms with E-state index in [0.717, 1.165) is 42.6 Å². The number of rotatable bonds is 7. The molecular weight excluding hydrogens is 369 g/mol. The number of fused-ring (bicyclic) bond motifs is 1. The minimum absolute atomic E-state index is 0.190. The molecule has 7 nitrogen and oxygen atoms in total. The van der Waals surface area contributed by atoms with Crippen molar-refractivity contribution >= 4 is 16.9 Å². The molecule has 0 amide bonds. The minimum Gasteiger partial charge on any atom is -0.365 e. The van der Waals surface area contributed by atoms with Crippen LogP contribution in [-0.4, -0.2) is 50.0 Å². The fraction of sp³-hybridized carbons (Fsp3) is 0.524. The van der Waals surface area contributed by atoms with Gasteiger partial charge in [0.25, 0.3) is 0 Å². The zero-order chi connectivity index (χ0) is 20.3. The number of anilines is 1. The van der Waals surface area contributed by atoms with Crippen LogP contribution in [0.1, 0.15) is 45.6 Å². The van der Waals surface area contributed by atoms with E-state index in [1.54, 1.807) is 12.4 Å². The summed E-state index contributed by atoms with van der Waals surface area (Å²) in [6.45, 7) is 5.73. The van der Waals surface area contributed by atoms with Crippen LogP contribution >= 0.6 is 0 Å². The lowest BCUT2D eigenvalue weighted by Gasteiger charge is -2.30. The summed E-state index contributed by atoms with van der Waals surface area (Å²) in [5, 5.41) is 10.9. The normalized spacial score (nSPS) is 19.7. The maximum absolute atomic E-state index is 15.0. The predicted octanol–water partition coefficient (Wildman–Crippen LogP) is 3.75. The van der Waals surface area contributed by atoms with Crippen molar-refractivity contribution in [2.24, 2.45) is 0 Å². The molecule has 0 aliphatic carbocycles. The third-order valence-corrected chi connectivity index (χ3v) is 5.66. The van der Waals surface area contributed by atoms with E-state index >= 15 is 4.39 Å². The Morgan fingerprint density at radius 2 is 2.10 bits per heavy atom. The molecule has 8 heteroatoms. The Hall–Kier alpha value is -2.61. The summed E-state index contributed by atoms with van der Waals surface area (Å²) in [5.41, 5.74) is 1.76. The molecule has 1 saturated heterocycles. The summed E-state index contributed by atoms with van der Waals surface area (Å²) in [4.78, 5) is 13.6. The van der Waals surface area contributed by atoms with E-state index in [1.165, 1.54) is 0 Å². The Bertz CT molecular complexity index is 961. The van der Waals surface area contributed by atoms with Gasteiger partial charge in [-0.25, -0.2) is 14.4 Å². The van der Waals surface area contributed by atoms with Crippen molar-refractivity contribution in [1.29, 1.82) is 0 Å². The van der Waals surface area contributed by atoms with Crippen LogP contribution in [-0.2, 0) is 0 Å². The van der Waals surface area contributed by atoms with Crippen LogP contribution in [0.3, 0.4) is 0 Å². The molecular formula is C21H28FN7. The highest BCUT2D eigenvalue weighted by atomic mass is 19.1. The van der Waals surface area contributed by atoms with Crippen LogP contribution in [0.4, 0.5) is 10.2 Å². The van der Waals surface area contributed by atoms with Gasteiger partial charge in [0.15, 0.2) is 5.82 Å². The fourth-order valence-electron chi connectivity index (χ4n) is 3.90. The van der Waals surface area contributed by atoms with Gasteiger partial charge in [0.2, 0.25) is 0 Å². The molecule has 4 rings (SSSR count). The standard InChI is InChI=1S/C21H28FN7/c1-3-16(4-2)29-12-15(11-27-29)17-10-18-19(25-9-8-24-18)20(28-17)26-14-21(22)6-5-7-23-13-21/h8-12,16,23H,3-7,13-14H2,1-2H3,(H,26,28). The Labute approximate surface area is 170 Å². The van der Waals surface area contributed by atoms with Gasteiger partial charge in [0.1, 0.15) is 11.2 Å². The van der Waals surface area contributed by atoms with Crippen LogP contribution in [0.5, 0.6) is 0 Å². The number of nitrogens with zero attached hydrogens (tertiary/aromatic N) is 5. The number of hydrogen-bond acceptors (Lipinski definition) is 6. The van der Waals surface area contributed by atoms with Gasteiger partial charge in [-0.3, -0.25) is 9.67 Å². The minimum atomic E-state index is -1.29. The smallest absolute Gasteiger partial charge is 0.155 e. The molecule has 1 fully saturated rings. The van der Waals surface area contributed by atoms with Gasteiger partial charge in [-0.05, 0) is 38.3 Å². The van der Waals surface area contributed by atoms with Gasteiger partial charge in [0.05, 0.1) is 30.0 Å². The van der Waals surface area contributed by atoms with Gasteiger partial charge in [0, 0.05) is 30.7 Å². The molecule has 3 aromatic heterocycles. The highest BCUT2D eigenvalue weighted by Gasteiger charge is 2.31. The summed E-state index contributed by atoms with van der Waals surface area (Å²) in [6.07, 6.45) is 10.6. The number of piperidine rings is 1. The van der Waals surface area contributed by atoms with Crippen LogP contribution in [0.15, 0.2) is 30.9 Å². The molecule has 29 heavy (non-hydrogen) atoms. The zero-order valence-electron chi connectivity index (χ0n) is 17.0. The number of halogens is 1. The fourth-order valence-corrected chi connectivity index (χ4v) is 3.90. The van der Waals surface area contributed by atoms with E-state index in [2.05, 4.69) is 39.5 Å². The van der Waals surface area contributed by atoms with E-state index in [9.17, 15) is 0 Å². The summed E-state index contributed by atoms with van der Waals surface area (Å²) >= 11 is 0. The molecule has 1 aliphatic heterocycles. The van der Waals surface area contributed by atoms with Gasteiger partial charge in [-0.2, -0.15) is 5.10 Å². The lowest BCUT2D eigenvalue weighted by molar-refractivity contribution is 0.137. The molecule has 1 unspecified atom stereocenters. The molecule has 4 heterocycles. The first kappa shape index (κ1) is 19.7. The van der Waals surface area contributed by atoms with Gasteiger partial charge in [-0.15, -0.1) is 0 Å². The number of alkyl halides is 1. The van der Waals surface area contributed by atoms with Crippen LogP contribution in [0.2, 0.25) is 0 Å². The van der Waals surface area contributed by atoms with Crippen molar-refractivity contribution in [1.82, 2.24) is 30.0 Å². The van der Waals surface area contributed by atoms with Crippen molar-refractivity contribution in [3.63, 3.8) is 0 Å². The lowest BCUT2D eigenvalue weighted by Crippen LogP contribution is -2.46. The second kappa shape index (κ2) is 8.41. The first-order valence-corrected chi connectivity index (χ1v) is 10.4. The van der Waals surface area contributed by atoms with Crippen LogP contribution in [0, 0.1) is 0 Å². The highest BCUT2D eigenvalue weighted by molar-refractivity contribution is 5.88. The maximum atomic E-state index is 15.0. The third kappa shape index (κ3) is 4.22. The Morgan fingerprint density at radius 1 is 1.28 bits per heavy atom. The molecule has 2 N–H and O–H groups in total. The summed E-state index contributed by atoms with van der Waals surface area (Å²) < 4.78 is 17.0. The molecule has 154 valence electrons. The molecule has 0 bridgehead atoms.